The van der Waals surface area contributed by atoms with Gasteiger partial charge in [-0.05, 0) is 12.8 Å². The van der Waals surface area contributed by atoms with Gasteiger partial charge >= 0.3 is 0 Å². The molecule has 0 heterocycles. The predicted octanol–water partition coefficient (Wildman–Crippen LogP) is 1.59. The highest BCUT2D eigenvalue weighted by atomic mass is 16.4. The quantitative estimate of drug-likeness (QED) is 0.287. The van der Waals surface area contributed by atoms with E-state index in [4.69, 9.17) is 10.9 Å². The second-order valence-electron chi connectivity index (χ2n) is 3.15. The standard InChI is InChI=1S/C9H21N3O/c1-3-5-7-12(8-6-4-2)9(10)11-13/h13H,3-8H2,1-2H3,(H2,10,11). The Morgan fingerprint density at radius 3 is 2.00 bits per heavy atom. The van der Waals surface area contributed by atoms with Crippen LogP contribution in [0.5, 0.6) is 0 Å². The van der Waals surface area contributed by atoms with Crippen LogP contribution in [0.15, 0.2) is 5.16 Å². The minimum absolute atomic E-state index is 0.238. The minimum Gasteiger partial charge on any atom is -0.408 e. The summed E-state index contributed by atoms with van der Waals surface area (Å²) in [5.74, 6) is 0.238. The van der Waals surface area contributed by atoms with Crippen LogP contribution in [0.4, 0.5) is 0 Å². The molecule has 13 heavy (non-hydrogen) atoms. The van der Waals surface area contributed by atoms with E-state index in [0.29, 0.717) is 0 Å². The second-order valence-corrected chi connectivity index (χ2v) is 3.15. The fourth-order valence-electron chi connectivity index (χ4n) is 1.10. The number of oxime groups is 1. The summed E-state index contributed by atoms with van der Waals surface area (Å²) >= 11 is 0. The summed E-state index contributed by atoms with van der Waals surface area (Å²) in [7, 11) is 0. The van der Waals surface area contributed by atoms with Gasteiger partial charge in [0.1, 0.15) is 0 Å². The van der Waals surface area contributed by atoms with Crippen molar-refractivity contribution in [2.24, 2.45) is 10.9 Å². The van der Waals surface area contributed by atoms with E-state index in [1.807, 2.05) is 4.90 Å². The van der Waals surface area contributed by atoms with Gasteiger partial charge in [0.05, 0.1) is 0 Å². The number of nitrogens with two attached hydrogens (primary N) is 1. The maximum Gasteiger partial charge on any atom is 0.233 e. The first-order valence-electron chi connectivity index (χ1n) is 4.98. The molecule has 3 N–H and O–H groups in total. The van der Waals surface area contributed by atoms with Gasteiger partial charge in [-0.25, -0.2) is 0 Å². The first-order chi connectivity index (χ1) is 6.26. The van der Waals surface area contributed by atoms with Crippen molar-refractivity contribution >= 4 is 5.96 Å². The van der Waals surface area contributed by atoms with Gasteiger partial charge in [0.25, 0.3) is 0 Å². The molecule has 4 heteroatoms. The van der Waals surface area contributed by atoms with E-state index >= 15 is 0 Å². The summed E-state index contributed by atoms with van der Waals surface area (Å²) in [5.41, 5.74) is 5.52. The maximum absolute atomic E-state index is 8.53. The topological polar surface area (TPSA) is 61.8 Å². The van der Waals surface area contributed by atoms with Crippen molar-refractivity contribution in [1.29, 1.82) is 0 Å². The molecule has 0 aromatic heterocycles. The van der Waals surface area contributed by atoms with Crippen molar-refractivity contribution < 1.29 is 5.21 Å². The monoisotopic (exact) mass is 187 g/mol. The fraction of sp³-hybridized carbons (Fsp3) is 0.889. The normalized spacial score (nSPS) is 11.7. The first-order valence-corrected chi connectivity index (χ1v) is 4.98. The summed E-state index contributed by atoms with van der Waals surface area (Å²) < 4.78 is 0. The van der Waals surface area contributed by atoms with E-state index in [9.17, 15) is 0 Å². The van der Waals surface area contributed by atoms with Crippen LogP contribution in [0.1, 0.15) is 39.5 Å². The highest BCUT2D eigenvalue weighted by Crippen LogP contribution is 1.98. The average molecular weight is 187 g/mol. The van der Waals surface area contributed by atoms with Crippen molar-refractivity contribution in [3.63, 3.8) is 0 Å². The minimum atomic E-state index is 0.238. The molecule has 0 saturated heterocycles. The molecule has 0 rings (SSSR count). The van der Waals surface area contributed by atoms with Crippen LogP contribution in [-0.4, -0.2) is 29.2 Å². The summed E-state index contributed by atoms with van der Waals surface area (Å²) in [5, 5.41) is 11.5. The van der Waals surface area contributed by atoms with E-state index in [1.165, 1.54) is 0 Å². The molecule has 0 aliphatic rings. The Hall–Kier alpha value is -0.930. The van der Waals surface area contributed by atoms with Gasteiger partial charge in [0.2, 0.25) is 5.96 Å². The van der Waals surface area contributed by atoms with Crippen molar-refractivity contribution in [3.05, 3.63) is 0 Å². The van der Waals surface area contributed by atoms with Gasteiger partial charge in [-0.2, -0.15) is 0 Å². The van der Waals surface area contributed by atoms with Crippen LogP contribution >= 0.6 is 0 Å². The molecule has 0 aromatic carbocycles. The van der Waals surface area contributed by atoms with Crippen molar-refractivity contribution in [2.45, 2.75) is 39.5 Å². The summed E-state index contributed by atoms with van der Waals surface area (Å²) in [6.45, 7) is 6.02. The fourth-order valence-corrected chi connectivity index (χ4v) is 1.10. The molecule has 0 aromatic rings. The van der Waals surface area contributed by atoms with Gasteiger partial charge in [0.15, 0.2) is 0 Å². The Balaban J connectivity index is 3.87. The Morgan fingerprint density at radius 2 is 1.69 bits per heavy atom. The molecule has 0 amide bonds. The molecule has 0 saturated carbocycles. The lowest BCUT2D eigenvalue weighted by atomic mass is 10.3. The lowest BCUT2D eigenvalue weighted by molar-refractivity contribution is 0.295. The van der Waals surface area contributed by atoms with Crippen molar-refractivity contribution in [1.82, 2.24) is 4.90 Å². The third-order valence-corrected chi connectivity index (χ3v) is 1.99. The van der Waals surface area contributed by atoms with Crippen LogP contribution in [-0.2, 0) is 0 Å². The molecular formula is C9H21N3O. The molecule has 0 radical (unpaired) electrons. The van der Waals surface area contributed by atoms with Crippen LogP contribution in [0.25, 0.3) is 0 Å². The van der Waals surface area contributed by atoms with Crippen molar-refractivity contribution in [3.8, 4) is 0 Å². The zero-order valence-electron chi connectivity index (χ0n) is 8.66. The molecule has 0 unspecified atom stereocenters. The Kier molecular flexibility index (Phi) is 7.15. The Labute approximate surface area is 80.4 Å². The number of unbranched alkanes of at least 4 members (excludes halogenated alkanes) is 2. The van der Waals surface area contributed by atoms with Crippen molar-refractivity contribution in [2.75, 3.05) is 13.1 Å². The zero-order valence-corrected chi connectivity index (χ0v) is 8.66. The summed E-state index contributed by atoms with van der Waals surface area (Å²) in [6.07, 6.45) is 4.42. The van der Waals surface area contributed by atoms with Gasteiger partial charge < -0.3 is 15.8 Å². The van der Waals surface area contributed by atoms with Gasteiger partial charge in [0, 0.05) is 13.1 Å². The lowest BCUT2D eigenvalue weighted by Crippen LogP contribution is -2.38. The highest BCUT2D eigenvalue weighted by Gasteiger charge is 2.05. The first kappa shape index (κ1) is 12.1. The van der Waals surface area contributed by atoms with Crippen LogP contribution < -0.4 is 5.73 Å². The number of guanidine groups is 1. The number of hydrogen-bond donors (Lipinski definition) is 2. The Morgan fingerprint density at radius 1 is 1.23 bits per heavy atom. The predicted molar refractivity (Wildman–Crippen MR) is 54.8 cm³/mol. The molecule has 0 atom stereocenters. The molecule has 0 fully saturated rings. The third-order valence-electron chi connectivity index (χ3n) is 1.99. The zero-order chi connectivity index (χ0) is 10.1. The van der Waals surface area contributed by atoms with E-state index in [1.54, 1.807) is 0 Å². The van der Waals surface area contributed by atoms with Crippen LogP contribution in [0.3, 0.4) is 0 Å². The van der Waals surface area contributed by atoms with Gasteiger partial charge in [-0.15, -0.1) is 0 Å². The van der Waals surface area contributed by atoms with E-state index in [-0.39, 0.29) is 5.96 Å². The maximum atomic E-state index is 8.53. The van der Waals surface area contributed by atoms with E-state index in [2.05, 4.69) is 19.0 Å². The molecule has 0 aliphatic carbocycles. The SMILES string of the molecule is CCCCN(CCCC)/C(N)=N/O. The number of hydrogen-bond acceptors (Lipinski definition) is 2. The lowest BCUT2D eigenvalue weighted by Gasteiger charge is -2.21. The molecule has 4 nitrogen and oxygen atoms in total. The van der Waals surface area contributed by atoms with Gasteiger partial charge in [-0.1, -0.05) is 31.8 Å². The van der Waals surface area contributed by atoms with E-state index < -0.39 is 0 Å². The molecule has 0 bridgehead atoms. The molecule has 0 aliphatic heterocycles. The molecule has 78 valence electrons. The summed E-state index contributed by atoms with van der Waals surface area (Å²) in [4.78, 5) is 1.92. The highest BCUT2D eigenvalue weighted by molar-refractivity contribution is 5.77. The van der Waals surface area contributed by atoms with Crippen LogP contribution in [0.2, 0.25) is 0 Å². The summed E-state index contributed by atoms with van der Waals surface area (Å²) in [6, 6.07) is 0. The third kappa shape index (κ3) is 5.33. The smallest absolute Gasteiger partial charge is 0.233 e. The van der Waals surface area contributed by atoms with Gasteiger partial charge in [-0.3, -0.25) is 0 Å². The largest absolute Gasteiger partial charge is 0.408 e. The second kappa shape index (κ2) is 7.71. The van der Waals surface area contributed by atoms with Crippen LogP contribution in [0, 0.1) is 0 Å². The number of rotatable bonds is 6. The average Bonchev–Trinajstić information content (AvgIpc) is 2.17. The Bertz CT molecular complexity index is 140. The molecular weight excluding hydrogens is 166 g/mol. The van der Waals surface area contributed by atoms with E-state index in [0.717, 1.165) is 38.8 Å². The number of nitrogens with zero attached hydrogens (tertiary/aromatic N) is 2. The molecule has 0 spiro atoms.